The van der Waals surface area contributed by atoms with Crippen molar-refractivity contribution in [2.45, 2.75) is 32.7 Å². The summed E-state index contributed by atoms with van der Waals surface area (Å²) in [7, 11) is 0. The fourth-order valence-electron chi connectivity index (χ4n) is 3.98. The topological polar surface area (TPSA) is 56.5 Å². The molecular formula is C24H24FN3O2. The van der Waals surface area contributed by atoms with Crippen molar-refractivity contribution in [2.75, 3.05) is 13.2 Å². The molecule has 1 fully saturated rings. The number of benzene rings is 2. The van der Waals surface area contributed by atoms with Gasteiger partial charge in [0.15, 0.2) is 0 Å². The van der Waals surface area contributed by atoms with Gasteiger partial charge in [0.05, 0.1) is 17.2 Å². The third-order valence-corrected chi connectivity index (χ3v) is 5.39. The second-order valence-electron chi connectivity index (χ2n) is 7.45. The molecule has 3 aromatic rings. The van der Waals surface area contributed by atoms with E-state index in [0.717, 1.165) is 29.2 Å². The van der Waals surface area contributed by atoms with Crippen molar-refractivity contribution in [1.29, 1.82) is 0 Å². The Morgan fingerprint density at radius 2 is 1.97 bits per heavy atom. The van der Waals surface area contributed by atoms with Crippen LogP contribution in [0.25, 0.3) is 27.8 Å². The molecular weight excluding hydrogens is 381 g/mol. The number of aliphatic imine (C=N–C) groups is 1. The van der Waals surface area contributed by atoms with Crippen molar-refractivity contribution >= 4 is 34.0 Å². The van der Waals surface area contributed by atoms with Gasteiger partial charge in [-0.25, -0.2) is 9.98 Å². The second kappa shape index (κ2) is 8.71. The minimum atomic E-state index is -0.556. The first-order valence-electron chi connectivity index (χ1n) is 10.1. The summed E-state index contributed by atoms with van der Waals surface area (Å²) in [5.74, 6) is -0.556. The maximum absolute atomic E-state index is 13.8. The molecule has 1 aromatic heterocycles. The standard InChI is InChI=1S/C24H24FN3O2/c1-3-26-22(25)13-16(2)12-17-14-21-23(20-7-5-4-6-19(17)20)27-15-28(24(21)29)18-8-10-30-11-9-18/h3-7,12-15,18H,8-11H2,1-2H3/b16-12-,22-13-,26-3?. The lowest BCUT2D eigenvalue weighted by Crippen LogP contribution is -2.29. The number of allylic oxidation sites excluding steroid dienone is 2. The van der Waals surface area contributed by atoms with E-state index in [4.69, 9.17) is 4.74 Å². The van der Waals surface area contributed by atoms with Crippen LogP contribution in [-0.4, -0.2) is 29.0 Å². The molecule has 1 aliphatic heterocycles. The third-order valence-electron chi connectivity index (χ3n) is 5.39. The SMILES string of the molecule is CC=N/C(F)=C\C(C)=C/c1cc2c(=O)n(C3CCOCC3)cnc2c2ccccc12. The minimum absolute atomic E-state index is 0.0535. The molecule has 1 aliphatic rings. The summed E-state index contributed by atoms with van der Waals surface area (Å²) >= 11 is 0. The number of hydrogen-bond donors (Lipinski definition) is 0. The van der Waals surface area contributed by atoms with E-state index in [1.165, 1.54) is 12.3 Å². The zero-order valence-electron chi connectivity index (χ0n) is 17.1. The Bertz CT molecular complexity index is 1230. The molecule has 0 spiro atoms. The first kappa shape index (κ1) is 20.2. The number of aromatic nitrogens is 2. The quantitative estimate of drug-likeness (QED) is 0.259. The predicted molar refractivity (Wildman–Crippen MR) is 120 cm³/mol. The molecule has 0 radical (unpaired) electrons. The van der Waals surface area contributed by atoms with Crippen LogP contribution < -0.4 is 5.56 Å². The molecule has 154 valence electrons. The molecule has 0 atom stereocenters. The van der Waals surface area contributed by atoms with Gasteiger partial charge < -0.3 is 4.74 Å². The number of hydrogen-bond acceptors (Lipinski definition) is 4. The molecule has 5 nitrogen and oxygen atoms in total. The van der Waals surface area contributed by atoms with Gasteiger partial charge in [-0.1, -0.05) is 30.3 Å². The van der Waals surface area contributed by atoms with E-state index in [1.54, 1.807) is 17.8 Å². The smallest absolute Gasteiger partial charge is 0.261 e. The number of halogens is 1. The van der Waals surface area contributed by atoms with Gasteiger partial charge in [0.25, 0.3) is 5.56 Å². The summed E-state index contributed by atoms with van der Waals surface area (Å²) < 4.78 is 21.0. The Kier molecular flexibility index (Phi) is 5.86. The molecule has 0 N–H and O–H groups in total. The maximum Gasteiger partial charge on any atom is 0.261 e. The number of rotatable bonds is 4. The molecule has 0 aliphatic carbocycles. The van der Waals surface area contributed by atoms with Crippen LogP contribution in [0.1, 0.15) is 38.3 Å². The van der Waals surface area contributed by atoms with Crippen LogP contribution in [0.15, 0.2) is 64.0 Å². The zero-order valence-corrected chi connectivity index (χ0v) is 17.1. The highest BCUT2D eigenvalue weighted by Gasteiger charge is 2.19. The van der Waals surface area contributed by atoms with Gasteiger partial charge in [0, 0.05) is 30.9 Å². The monoisotopic (exact) mass is 405 g/mol. The molecule has 30 heavy (non-hydrogen) atoms. The lowest BCUT2D eigenvalue weighted by molar-refractivity contribution is 0.0685. The molecule has 6 heteroatoms. The van der Waals surface area contributed by atoms with E-state index in [-0.39, 0.29) is 11.6 Å². The largest absolute Gasteiger partial charge is 0.381 e. The maximum atomic E-state index is 13.8. The fraction of sp³-hybridized carbons (Fsp3) is 0.292. The summed E-state index contributed by atoms with van der Waals surface area (Å²) in [5.41, 5.74) is 2.19. The Morgan fingerprint density at radius 3 is 2.70 bits per heavy atom. The molecule has 2 aromatic carbocycles. The summed E-state index contributed by atoms with van der Waals surface area (Å²) in [4.78, 5) is 21.6. The summed E-state index contributed by atoms with van der Waals surface area (Å²) in [6.45, 7) is 4.78. The molecule has 0 amide bonds. The molecule has 1 saturated heterocycles. The minimum Gasteiger partial charge on any atom is -0.381 e. The Morgan fingerprint density at radius 1 is 1.23 bits per heavy atom. The third kappa shape index (κ3) is 3.96. The lowest BCUT2D eigenvalue weighted by Gasteiger charge is -2.24. The number of fused-ring (bicyclic) bond motifs is 3. The first-order chi connectivity index (χ1) is 14.6. The van der Waals surface area contributed by atoms with E-state index >= 15 is 0 Å². The average Bonchev–Trinajstić information content (AvgIpc) is 2.75. The lowest BCUT2D eigenvalue weighted by atomic mass is 9.99. The van der Waals surface area contributed by atoms with Gasteiger partial charge in [0.2, 0.25) is 5.95 Å². The molecule has 2 heterocycles. The van der Waals surface area contributed by atoms with Gasteiger partial charge in [-0.3, -0.25) is 9.36 Å². The van der Waals surface area contributed by atoms with Gasteiger partial charge in [-0.15, -0.1) is 0 Å². The van der Waals surface area contributed by atoms with Crippen LogP contribution in [0, 0.1) is 0 Å². The average molecular weight is 405 g/mol. The van der Waals surface area contributed by atoms with Crippen molar-refractivity contribution in [3.05, 3.63) is 70.2 Å². The molecule has 4 rings (SSSR count). The molecule has 0 bridgehead atoms. The highest BCUT2D eigenvalue weighted by atomic mass is 19.1. The van der Waals surface area contributed by atoms with E-state index in [1.807, 2.05) is 43.3 Å². The van der Waals surface area contributed by atoms with E-state index in [0.29, 0.717) is 29.7 Å². The van der Waals surface area contributed by atoms with Crippen LogP contribution in [0.5, 0.6) is 0 Å². The highest BCUT2D eigenvalue weighted by Crippen LogP contribution is 2.28. The molecule has 0 unspecified atom stereocenters. The van der Waals surface area contributed by atoms with Crippen LogP contribution in [-0.2, 0) is 4.74 Å². The number of nitrogens with zero attached hydrogens (tertiary/aromatic N) is 3. The van der Waals surface area contributed by atoms with E-state index in [9.17, 15) is 9.18 Å². The normalized spacial score (nSPS) is 16.8. The van der Waals surface area contributed by atoms with Crippen molar-refractivity contribution < 1.29 is 9.13 Å². The van der Waals surface area contributed by atoms with E-state index < -0.39 is 5.95 Å². The van der Waals surface area contributed by atoms with Crippen molar-refractivity contribution in [1.82, 2.24) is 9.55 Å². The van der Waals surface area contributed by atoms with Gasteiger partial charge in [-0.2, -0.15) is 4.39 Å². The van der Waals surface area contributed by atoms with Crippen LogP contribution in [0.2, 0.25) is 0 Å². The number of ether oxygens (including phenoxy) is 1. The fourth-order valence-corrected chi connectivity index (χ4v) is 3.98. The van der Waals surface area contributed by atoms with Gasteiger partial charge >= 0.3 is 0 Å². The van der Waals surface area contributed by atoms with Gasteiger partial charge in [0.1, 0.15) is 0 Å². The Labute approximate surface area is 174 Å². The van der Waals surface area contributed by atoms with Crippen LogP contribution in [0.4, 0.5) is 4.39 Å². The van der Waals surface area contributed by atoms with Gasteiger partial charge in [-0.05, 0) is 55.4 Å². The zero-order chi connectivity index (χ0) is 21.1. The molecule has 0 saturated carbocycles. The Hall–Kier alpha value is -3.12. The summed E-state index contributed by atoms with van der Waals surface area (Å²) in [6.07, 6.45) is 7.92. The van der Waals surface area contributed by atoms with Crippen molar-refractivity contribution in [3.63, 3.8) is 0 Å². The van der Waals surface area contributed by atoms with Crippen molar-refractivity contribution in [3.8, 4) is 0 Å². The predicted octanol–water partition coefficient (Wildman–Crippen LogP) is 5.21. The highest BCUT2D eigenvalue weighted by molar-refractivity contribution is 6.08. The van der Waals surface area contributed by atoms with Crippen molar-refractivity contribution in [2.24, 2.45) is 4.99 Å². The van der Waals surface area contributed by atoms with E-state index in [2.05, 4.69) is 9.98 Å². The Balaban J connectivity index is 1.92. The van der Waals surface area contributed by atoms with Crippen LogP contribution >= 0.6 is 0 Å². The summed E-state index contributed by atoms with van der Waals surface area (Å²) in [6, 6.07) is 9.79. The summed E-state index contributed by atoms with van der Waals surface area (Å²) in [5, 5.41) is 2.44. The van der Waals surface area contributed by atoms with Crippen LogP contribution in [0.3, 0.4) is 0 Å². The second-order valence-corrected chi connectivity index (χ2v) is 7.45. The first-order valence-corrected chi connectivity index (χ1v) is 10.1.